The predicted octanol–water partition coefficient (Wildman–Crippen LogP) is 2.10. The summed E-state index contributed by atoms with van der Waals surface area (Å²) in [5.41, 5.74) is 2.66. The van der Waals surface area contributed by atoms with Crippen LogP contribution in [0.3, 0.4) is 0 Å². The van der Waals surface area contributed by atoms with Gasteiger partial charge in [-0.1, -0.05) is 6.08 Å². The fraction of sp³-hybridized carbons (Fsp3) is 0.500. The lowest BCUT2D eigenvalue weighted by molar-refractivity contribution is 0.324. The van der Waals surface area contributed by atoms with E-state index in [2.05, 4.69) is 22.4 Å². The zero-order valence-corrected chi connectivity index (χ0v) is 10.1. The van der Waals surface area contributed by atoms with Crippen molar-refractivity contribution in [2.75, 3.05) is 20.2 Å². The lowest BCUT2D eigenvalue weighted by Gasteiger charge is -2.25. The molecule has 90 valence electrons. The number of hydrogen-bond acceptors (Lipinski definition) is 3. The predicted molar refractivity (Wildman–Crippen MR) is 67.8 cm³/mol. The molecule has 2 atom stereocenters. The smallest absolute Gasteiger partial charge is 0.137 e. The number of fused-ring (bicyclic) bond motifs is 1. The quantitative estimate of drug-likeness (QED) is 0.845. The zero-order valence-electron chi connectivity index (χ0n) is 10.1. The standard InChI is InChI=1S/C14H18N2O/c1-17-14-6-13(8-16-9-14)11-4-10-2-3-15-7-12(10)5-11/h4,6,8-10,12,15H,2-3,5,7H2,1H3. The van der Waals surface area contributed by atoms with Crippen LogP contribution in [0.5, 0.6) is 5.75 Å². The lowest BCUT2D eigenvalue weighted by atomic mass is 9.89. The second-order valence-corrected chi connectivity index (χ2v) is 4.93. The summed E-state index contributed by atoms with van der Waals surface area (Å²) < 4.78 is 5.23. The molecule has 1 aliphatic carbocycles. The second kappa shape index (κ2) is 4.49. The summed E-state index contributed by atoms with van der Waals surface area (Å²) in [5.74, 6) is 2.39. The van der Waals surface area contributed by atoms with Gasteiger partial charge in [-0.2, -0.15) is 0 Å². The highest BCUT2D eigenvalue weighted by Gasteiger charge is 2.30. The Morgan fingerprint density at radius 1 is 1.41 bits per heavy atom. The summed E-state index contributed by atoms with van der Waals surface area (Å²) >= 11 is 0. The van der Waals surface area contributed by atoms with Gasteiger partial charge in [-0.05, 0) is 55.0 Å². The molecule has 2 unspecified atom stereocenters. The molecule has 3 heteroatoms. The van der Waals surface area contributed by atoms with Gasteiger partial charge in [0.25, 0.3) is 0 Å². The van der Waals surface area contributed by atoms with Gasteiger partial charge in [-0.3, -0.25) is 4.98 Å². The number of ether oxygens (including phenoxy) is 1. The highest BCUT2D eigenvalue weighted by molar-refractivity contribution is 5.68. The van der Waals surface area contributed by atoms with Crippen LogP contribution < -0.4 is 10.1 Å². The molecule has 3 nitrogen and oxygen atoms in total. The van der Waals surface area contributed by atoms with Crippen LogP contribution >= 0.6 is 0 Å². The van der Waals surface area contributed by atoms with Gasteiger partial charge in [-0.25, -0.2) is 0 Å². The monoisotopic (exact) mass is 230 g/mol. The van der Waals surface area contributed by atoms with Gasteiger partial charge >= 0.3 is 0 Å². The van der Waals surface area contributed by atoms with Crippen molar-refractivity contribution in [1.29, 1.82) is 0 Å². The number of pyridine rings is 1. The average Bonchev–Trinajstić information content (AvgIpc) is 2.82. The zero-order chi connectivity index (χ0) is 11.7. The van der Waals surface area contributed by atoms with Gasteiger partial charge in [0, 0.05) is 6.20 Å². The third-order valence-electron chi connectivity index (χ3n) is 3.88. The Hall–Kier alpha value is -1.35. The normalized spacial score (nSPS) is 27.5. The van der Waals surface area contributed by atoms with Crippen LogP contribution in [0.25, 0.3) is 5.57 Å². The van der Waals surface area contributed by atoms with Crippen LogP contribution in [0.4, 0.5) is 0 Å². The van der Waals surface area contributed by atoms with Gasteiger partial charge < -0.3 is 10.1 Å². The summed E-state index contributed by atoms with van der Waals surface area (Å²) in [4.78, 5) is 4.24. The maximum atomic E-state index is 5.23. The first-order valence-corrected chi connectivity index (χ1v) is 6.27. The molecule has 1 saturated heterocycles. The maximum Gasteiger partial charge on any atom is 0.137 e. The molecule has 0 amide bonds. The molecule has 1 fully saturated rings. The molecule has 0 bridgehead atoms. The SMILES string of the molecule is COc1cncc(C2=CC3CCNCC3C2)c1. The Labute approximate surface area is 102 Å². The van der Waals surface area contributed by atoms with Crippen molar-refractivity contribution in [2.45, 2.75) is 12.8 Å². The van der Waals surface area contributed by atoms with Crippen molar-refractivity contribution < 1.29 is 4.74 Å². The number of allylic oxidation sites excluding steroid dienone is 2. The number of nitrogens with zero attached hydrogens (tertiary/aromatic N) is 1. The van der Waals surface area contributed by atoms with Gasteiger partial charge in [0.05, 0.1) is 13.3 Å². The molecule has 1 aromatic rings. The van der Waals surface area contributed by atoms with Crippen molar-refractivity contribution >= 4 is 5.57 Å². The van der Waals surface area contributed by atoms with E-state index >= 15 is 0 Å². The molecule has 2 aliphatic rings. The minimum absolute atomic E-state index is 0.762. The van der Waals surface area contributed by atoms with E-state index in [9.17, 15) is 0 Å². The lowest BCUT2D eigenvalue weighted by Crippen LogP contribution is -2.33. The van der Waals surface area contributed by atoms with Crippen LogP contribution in [0.15, 0.2) is 24.5 Å². The molecule has 0 spiro atoms. The van der Waals surface area contributed by atoms with E-state index in [0.717, 1.165) is 30.7 Å². The third-order valence-corrected chi connectivity index (χ3v) is 3.88. The van der Waals surface area contributed by atoms with Gasteiger partial charge in [0.2, 0.25) is 0 Å². The molecular weight excluding hydrogens is 212 g/mol. The molecule has 0 radical (unpaired) electrons. The minimum atomic E-state index is 0.762. The van der Waals surface area contributed by atoms with Crippen LogP contribution in [-0.2, 0) is 0 Å². The van der Waals surface area contributed by atoms with Crippen molar-refractivity contribution in [3.63, 3.8) is 0 Å². The van der Waals surface area contributed by atoms with Crippen LogP contribution in [-0.4, -0.2) is 25.2 Å². The summed E-state index contributed by atoms with van der Waals surface area (Å²) in [6, 6.07) is 2.09. The Morgan fingerprint density at radius 3 is 3.18 bits per heavy atom. The molecule has 0 saturated carbocycles. The van der Waals surface area contributed by atoms with E-state index in [1.165, 1.54) is 24.0 Å². The van der Waals surface area contributed by atoms with E-state index in [-0.39, 0.29) is 0 Å². The largest absolute Gasteiger partial charge is 0.495 e. The Morgan fingerprint density at radius 2 is 2.35 bits per heavy atom. The fourth-order valence-corrected chi connectivity index (χ4v) is 2.92. The summed E-state index contributed by atoms with van der Waals surface area (Å²) in [5, 5.41) is 3.48. The number of rotatable bonds is 2. The number of aromatic nitrogens is 1. The van der Waals surface area contributed by atoms with Crippen LogP contribution in [0.2, 0.25) is 0 Å². The van der Waals surface area contributed by atoms with E-state index < -0.39 is 0 Å². The van der Waals surface area contributed by atoms with E-state index in [1.807, 2.05) is 6.20 Å². The van der Waals surface area contributed by atoms with Gasteiger partial charge in [0.15, 0.2) is 0 Å². The third kappa shape index (κ3) is 2.07. The number of hydrogen-bond donors (Lipinski definition) is 1. The minimum Gasteiger partial charge on any atom is -0.495 e. The first kappa shape index (κ1) is 10.8. The Kier molecular flexibility index (Phi) is 2.85. The van der Waals surface area contributed by atoms with Gasteiger partial charge in [0.1, 0.15) is 5.75 Å². The van der Waals surface area contributed by atoms with Crippen LogP contribution in [0, 0.1) is 11.8 Å². The molecule has 1 N–H and O–H groups in total. The molecule has 0 aromatic carbocycles. The summed E-state index contributed by atoms with van der Waals surface area (Å²) in [6.45, 7) is 2.31. The highest BCUT2D eigenvalue weighted by atomic mass is 16.5. The topological polar surface area (TPSA) is 34.1 Å². The molecule has 1 aliphatic heterocycles. The van der Waals surface area contributed by atoms with Crippen molar-refractivity contribution in [1.82, 2.24) is 10.3 Å². The van der Waals surface area contributed by atoms with E-state index in [0.29, 0.717) is 0 Å². The Bertz CT molecular complexity index is 442. The number of piperidine rings is 1. The molecular formula is C14H18N2O. The first-order chi connectivity index (χ1) is 8.36. The van der Waals surface area contributed by atoms with Crippen molar-refractivity contribution in [3.05, 3.63) is 30.1 Å². The number of nitrogens with one attached hydrogen (secondary N) is 1. The average molecular weight is 230 g/mol. The maximum absolute atomic E-state index is 5.23. The highest BCUT2D eigenvalue weighted by Crippen LogP contribution is 2.39. The van der Waals surface area contributed by atoms with Crippen molar-refractivity contribution in [2.24, 2.45) is 11.8 Å². The van der Waals surface area contributed by atoms with E-state index in [4.69, 9.17) is 4.74 Å². The van der Waals surface area contributed by atoms with E-state index in [1.54, 1.807) is 13.3 Å². The molecule has 2 heterocycles. The Balaban J connectivity index is 1.84. The molecule has 17 heavy (non-hydrogen) atoms. The van der Waals surface area contributed by atoms with Crippen LogP contribution in [0.1, 0.15) is 18.4 Å². The molecule has 3 rings (SSSR count). The van der Waals surface area contributed by atoms with Crippen molar-refractivity contribution in [3.8, 4) is 5.75 Å². The summed E-state index contributed by atoms with van der Waals surface area (Å²) in [6.07, 6.45) is 8.59. The number of methoxy groups -OCH3 is 1. The van der Waals surface area contributed by atoms with Gasteiger partial charge in [-0.15, -0.1) is 0 Å². The molecule has 1 aromatic heterocycles. The summed E-state index contributed by atoms with van der Waals surface area (Å²) in [7, 11) is 1.69. The first-order valence-electron chi connectivity index (χ1n) is 6.27. The fourth-order valence-electron chi connectivity index (χ4n) is 2.92. The second-order valence-electron chi connectivity index (χ2n) is 4.93.